The molecule has 0 saturated heterocycles. The first-order valence-electron chi connectivity index (χ1n) is 21.4. The minimum Gasteiger partial charge on any atom is -0.456 e. The van der Waals surface area contributed by atoms with Crippen molar-refractivity contribution in [2.24, 2.45) is 0 Å². The number of furan rings is 1. The maximum Gasteiger partial charge on any atom is 0.136 e. The highest BCUT2D eigenvalue weighted by Crippen LogP contribution is 2.40. The molecular formula is C58H34N4O. The molecule has 0 spiro atoms. The maximum absolute atomic E-state index is 6.32. The second-order valence-corrected chi connectivity index (χ2v) is 16.6. The van der Waals surface area contributed by atoms with Crippen molar-refractivity contribution in [2.45, 2.75) is 0 Å². The van der Waals surface area contributed by atoms with Crippen LogP contribution in [-0.4, -0.2) is 19.1 Å². The lowest BCUT2D eigenvalue weighted by molar-refractivity contribution is 0.669. The van der Waals surface area contributed by atoms with E-state index in [1.807, 2.05) is 42.5 Å². The number of rotatable bonds is 4. The molecule has 0 radical (unpaired) electrons. The quantitative estimate of drug-likeness (QED) is 0.178. The van der Waals surface area contributed by atoms with Gasteiger partial charge in [-0.1, -0.05) is 115 Å². The average Bonchev–Trinajstić information content (AvgIpc) is 3.99. The molecule has 0 N–H and O–H groups in total. The molecule has 0 aliphatic heterocycles. The molecule has 0 amide bonds. The Morgan fingerprint density at radius 1 is 0.302 bits per heavy atom. The Morgan fingerprint density at radius 2 is 0.810 bits per heavy atom. The van der Waals surface area contributed by atoms with Gasteiger partial charge in [-0.05, 0) is 113 Å². The van der Waals surface area contributed by atoms with E-state index < -0.39 is 0 Å². The van der Waals surface area contributed by atoms with E-state index in [4.69, 9.17) is 14.4 Å². The zero-order valence-corrected chi connectivity index (χ0v) is 33.8. The van der Waals surface area contributed by atoms with Gasteiger partial charge in [0.1, 0.15) is 11.2 Å². The third-order valence-electron chi connectivity index (χ3n) is 13.0. The summed E-state index contributed by atoms with van der Waals surface area (Å²) in [5.41, 5.74) is 14.0. The van der Waals surface area contributed by atoms with Gasteiger partial charge in [0.2, 0.25) is 0 Å². The summed E-state index contributed by atoms with van der Waals surface area (Å²) in [6.45, 7) is 0. The topological polar surface area (TPSA) is 48.8 Å². The Balaban J connectivity index is 0.927. The molecule has 4 heterocycles. The number of aromatic nitrogens is 4. The lowest BCUT2D eigenvalue weighted by Crippen LogP contribution is -1.97. The molecule has 0 aliphatic carbocycles. The fourth-order valence-electron chi connectivity index (χ4n) is 10.1. The van der Waals surface area contributed by atoms with Crippen LogP contribution in [0.4, 0.5) is 0 Å². The zero-order chi connectivity index (χ0) is 41.2. The number of hydrogen-bond donors (Lipinski definition) is 0. The van der Waals surface area contributed by atoms with Crippen LogP contribution in [0, 0.1) is 0 Å². The lowest BCUT2D eigenvalue weighted by atomic mass is 10.0. The van der Waals surface area contributed by atoms with Crippen molar-refractivity contribution in [1.29, 1.82) is 0 Å². The Hall–Kier alpha value is -8.54. The van der Waals surface area contributed by atoms with E-state index in [0.717, 1.165) is 77.9 Å². The van der Waals surface area contributed by atoms with Crippen molar-refractivity contribution in [3.63, 3.8) is 0 Å². The first-order valence-corrected chi connectivity index (χ1v) is 21.4. The third-order valence-corrected chi connectivity index (χ3v) is 13.0. The van der Waals surface area contributed by atoms with Crippen molar-refractivity contribution in [3.8, 4) is 33.9 Å². The first kappa shape index (κ1) is 34.2. The summed E-state index contributed by atoms with van der Waals surface area (Å²) in [5, 5.41) is 12.0. The van der Waals surface area contributed by atoms with Gasteiger partial charge in [-0.3, -0.25) is 0 Å². The van der Waals surface area contributed by atoms with Gasteiger partial charge in [0.25, 0.3) is 0 Å². The monoisotopic (exact) mass is 802 g/mol. The summed E-state index contributed by atoms with van der Waals surface area (Å²) in [4.78, 5) is 10.5. The van der Waals surface area contributed by atoms with Crippen molar-refractivity contribution in [3.05, 3.63) is 206 Å². The van der Waals surface area contributed by atoms with E-state index in [-0.39, 0.29) is 0 Å². The molecule has 0 unspecified atom stereocenters. The largest absolute Gasteiger partial charge is 0.456 e. The summed E-state index contributed by atoms with van der Waals surface area (Å²) in [6.07, 6.45) is 0. The SMILES string of the molecule is c1ccc2cc3c(cc2c1)c1ccccc1n3-c1ccc2cc3c4ccccc4n(-c4ccc(-c5nc6ccccc6nc5-c5ccc6c(c5)oc5ccccc56)cc4)c3cc2c1. The summed E-state index contributed by atoms with van der Waals surface area (Å²) in [7, 11) is 0. The lowest BCUT2D eigenvalue weighted by Gasteiger charge is -2.13. The van der Waals surface area contributed by atoms with E-state index in [9.17, 15) is 0 Å². The molecule has 292 valence electrons. The van der Waals surface area contributed by atoms with Crippen molar-refractivity contribution >= 4 is 98.1 Å². The molecule has 0 atom stereocenters. The minimum atomic E-state index is 0.819. The van der Waals surface area contributed by atoms with E-state index >= 15 is 0 Å². The van der Waals surface area contributed by atoms with Gasteiger partial charge in [-0.15, -0.1) is 0 Å². The van der Waals surface area contributed by atoms with E-state index in [2.05, 4.69) is 173 Å². The Morgan fingerprint density at radius 3 is 1.52 bits per heavy atom. The van der Waals surface area contributed by atoms with Gasteiger partial charge in [-0.2, -0.15) is 0 Å². The number of para-hydroxylation sites is 5. The van der Waals surface area contributed by atoms with Gasteiger partial charge in [0.15, 0.2) is 0 Å². The molecule has 5 nitrogen and oxygen atoms in total. The predicted octanol–water partition coefficient (Wildman–Crippen LogP) is 15.4. The first-order chi connectivity index (χ1) is 31.2. The standard InChI is InChI=1S/C58H34N4O/c1-2-12-37-32-53-47(30-36(37)11-1)44-14-4-9-19-52(44)62(53)42-27-23-38-31-48-43-13-3-8-18-51(43)61(54(48)33-40(38)29-42)41-25-21-35(22-26-41)57-58(60-50-17-7-6-16-49(50)59-57)39-24-28-46-45-15-5-10-20-55(45)63-56(46)34-39/h1-34H. The Labute approximate surface area is 360 Å². The maximum atomic E-state index is 6.32. The highest BCUT2D eigenvalue weighted by Gasteiger charge is 2.19. The van der Waals surface area contributed by atoms with Gasteiger partial charge in [0.05, 0.1) is 44.5 Å². The summed E-state index contributed by atoms with van der Waals surface area (Å²) < 4.78 is 11.1. The van der Waals surface area contributed by atoms with Crippen LogP contribution in [0.15, 0.2) is 211 Å². The molecular weight excluding hydrogens is 769 g/mol. The average molecular weight is 803 g/mol. The Kier molecular flexibility index (Phi) is 7.05. The number of nitrogens with zero attached hydrogens (tertiary/aromatic N) is 4. The molecule has 14 rings (SSSR count). The van der Waals surface area contributed by atoms with Crippen LogP contribution in [0.3, 0.4) is 0 Å². The molecule has 10 aromatic carbocycles. The molecule has 4 aromatic heterocycles. The van der Waals surface area contributed by atoms with E-state index in [1.54, 1.807) is 0 Å². The molecule has 0 aliphatic rings. The van der Waals surface area contributed by atoms with Crippen molar-refractivity contribution < 1.29 is 4.42 Å². The normalized spacial score (nSPS) is 12.1. The van der Waals surface area contributed by atoms with Crippen LogP contribution >= 0.6 is 0 Å². The highest BCUT2D eigenvalue weighted by atomic mass is 16.3. The fourth-order valence-corrected chi connectivity index (χ4v) is 10.1. The number of fused-ring (bicyclic) bond motifs is 12. The summed E-state index contributed by atoms with van der Waals surface area (Å²) in [5.74, 6) is 0. The Bertz CT molecular complexity index is 4210. The molecule has 5 heteroatoms. The van der Waals surface area contributed by atoms with Gasteiger partial charge < -0.3 is 13.6 Å². The van der Waals surface area contributed by atoms with Gasteiger partial charge in [0, 0.05) is 54.8 Å². The summed E-state index contributed by atoms with van der Waals surface area (Å²) >= 11 is 0. The molecule has 63 heavy (non-hydrogen) atoms. The van der Waals surface area contributed by atoms with Crippen LogP contribution in [-0.2, 0) is 0 Å². The highest BCUT2D eigenvalue weighted by molar-refractivity contribution is 6.16. The van der Waals surface area contributed by atoms with Crippen LogP contribution in [0.5, 0.6) is 0 Å². The molecule has 14 aromatic rings. The smallest absolute Gasteiger partial charge is 0.136 e. The number of hydrogen-bond acceptors (Lipinski definition) is 3. The van der Waals surface area contributed by atoms with Gasteiger partial charge in [-0.25, -0.2) is 9.97 Å². The molecule has 0 saturated carbocycles. The van der Waals surface area contributed by atoms with Gasteiger partial charge >= 0.3 is 0 Å². The second-order valence-electron chi connectivity index (χ2n) is 16.6. The van der Waals surface area contributed by atoms with Crippen LogP contribution in [0.2, 0.25) is 0 Å². The summed E-state index contributed by atoms with van der Waals surface area (Å²) in [6, 6.07) is 73.9. The van der Waals surface area contributed by atoms with Crippen molar-refractivity contribution in [2.75, 3.05) is 0 Å². The van der Waals surface area contributed by atoms with Crippen molar-refractivity contribution in [1.82, 2.24) is 19.1 Å². The van der Waals surface area contributed by atoms with Crippen LogP contribution < -0.4 is 0 Å². The minimum absolute atomic E-state index is 0.819. The van der Waals surface area contributed by atoms with E-state index in [1.165, 1.54) is 54.1 Å². The zero-order valence-electron chi connectivity index (χ0n) is 33.8. The number of benzene rings is 10. The molecule has 0 fully saturated rings. The third kappa shape index (κ3) is 5.11. The fraction of sp³-hybridized carbons (Fsp3) is 0. The molecule has 0 bridgehead atoms. The van der Waals surface area contributed by atoms with Crippen LogP contribution in [0.1, 0.15) is 0 Å². The predicted molar refractivity (Wildman–Crippen MR) is 261 cm³/mol. The van der Waals surface area contributed by atoms with Crippen LogP contribution in [0.25, 0.3) is 132 Å². The van der Waals surface area contributed by atoms with E-state index in [0.29, 0.717) is 0 Å². The second kappa shape index (κ2) is 13.0.